The summed E-state index contributed by atoms with van der Waals surface area (Å²) in [5.74, 6) is -6.48. The molecule has 0 aromatic heterocycles. The Morgan fingerprint density at radius 3 is 2.32 bits per heavy atom. The number of ether oxygens (including phenoxy) is 2. The Hall–Kier alpha value is -6.75. The maximum atomic E-state index is 15.5. The average molecular weight is 1090 g/mol. The van der Waals surface area contributed by atoms with Gasteiger partial charge in [-0.25, -0.2) is 13.2 Å². The molecule has 3 saturated heterocycles. The van der Waals surface area contributed by atoms with E-state index in [0.29, 0.717) is 82.1 Å². The highest BCUT2D eigenvalue weighted by atomic mass is 19.1. The van der Waals surface area contributed by atoms with Gasteiger partial charge in [0.1, 0.15) is 35.2 Å². The van der Waals surface area contributed by atoms with Crippen LogP contribution in [-0.2, 0) is 56.6 Å². The van der Waals surface area contributed by atoms with Crippen molar-refractivity contribution in [3.8, 4) is 0 Å². The Bertz CT molecular complexity index is 2910. The number of halogens is 3. The van der Waals surface area contributed by atoms with Gasteiger partial charge in [0.15, 0.2) is 11.2 Å². The van der Waals surface area contributed by atoms with Crippen molar-refractivity contribution in [3.05, 3.63) is 124 Å². The molecule has 4 aromatic rings. The van der Waals surface area contributed by atoms with Crippen molar-refractivity contribution in [1.82, 2.24) is 36.0 Å². The van der Waals surface area contributed by atoms with E-state index in [-0.39, 0.29) is 60.0 Å². The molecule has 4 aromatic carbocycles. The molecule has 0 radical (unpaired) electrons. The van der Waals surface area contributed by atoms with E-state index < -0.39 is 83.0 Å². The second kappa shape index (κ2) is 24.7. The second-order valence-corrected chi connectivity index (χ2v) is 21.6. The minimum atomic E-state index is -1.77. The zero-order valence-corrected chi connectivity index (χ0v) is 45.3. The molecule has 0 saturated carbocycles. The van der Waals surface area contributed by atoms with Gasteiger partial charge in [-0.05, 0) is 125 Å². The molecule has 79 heavy (non-hydrogen) atoms. The van der Waals surface area contributed by atoms with Crippen LogP contribution in [-0.4, -0.2) is 159 Å². The lowest BCUT2D eigenvalue weighted by Gasteiger charge is -2.46. The second-order valence-electron chi connectivity index (χ2n) is 21.6. The van der Waals surface area contributed by atoms with Gasteiger partial charge < -0.3 is 51.6 Å². The zero-order valence-electron chi connectivity index (χ0n) is 45.3. The summed E-state index contributed by atoms with van der Waals surface area (Å²) in [5.41, 5.74) is 1.22. The predicted molar refractivity (Wildman–Crippen MR) is 290 cm³/mol. The molecule has 5 aliphatic rings. The number of anilines is 3. The number of hydrogen-bond acceptors (Lipinski definition) is 13. The van der Waals surface area contributed by atoms with Crippen LogP contribution in [0.1, 0.15) is 74.4 Å². The number of likely N-dealkylation sites (N-methyl/N-ethyl adjacent to an activating group) is 1. The number of carbonyl (C=O) groups is 6. The molecular weight excluding hydrogens is 1020 g/mol. The number of carbonyl (C=O) groups excluding carboxylic acids is 6. The first kappa shape index (κ1) is 57.0. The van der Waals surface area contributed by atoms with E-state index in [1.807, 2.05) is 19.1 Å². The molecular formula is C58H71F3N10O8. The molecule has 21 heteroatoms. The van der Waals surface area contributed by atoms with Crippen molar-refractivity contribution in [2.75, 3.05) is 88.7 Å². The van der Waals surface area contributed by atoms with E-state index >= 15 is 18.4 Å². The first-order valence-electron chi connectivity index (χ1n) is 27.2. The van der Waals surface area contributed by atoms with Gasteiger partial charge in [0, 0.05) is 87.5 Å². The first-order chi connectivity index (χ1) is 37.9. The molecule has 0 bridgehead atoms. The van der Waals surface area contributed by atoms with Crippen molar-refractivity contribution < 1.29 is 51.4 Å². The maximum Gasteiger partial charge on any atom is 0.252 e. The molecule has 7 N–H and O–H groups in total. The lowest BCUT2D eigenvalue weighted by atomic mass is 9.74. The van der Waals surface area contributed by atoms with Crippen LogP contribution in [0.2, 0.25) is 0 Å². The molecule has 2 unspecified atom stereocenters. The number of benzene rings is 4. The van der Waals surface area contributed by atoms with Gasteiger partial charge in [0.05, 0.1) is 31.8 Å². The van der Waals surface area contributed by atoms with Crippen LogP contribution in [0.15, 0.2) is 78.9 Å². The number of rotatable bonds is 18. The normalized spacial score (nSPS) is 23.6. The van der Waals surface area contributed by atoms with Gasteiger partial charge in [0.2, 0.25) is 23.6 Å². The van der Waals surface area contributed by atoms with Gasteiger partial charge in [0.25, 0.3) is 5.91 Å². The Morgan fingerprint density at radius 1 is 0.861 bits per heavy atom. The van der Waals surface area contributed by atoms with Crippen molar-refractivity contribution in [1.29, 1.82) is 0 Å². The fourth-order valence-electron chi connectivity index (χ4n) is 11.7. The monoisotopic (exact) mass is 1090 g/mol. The largest absolute Gasteiger partial charge is 0.383 e. The molecule has 18 nitrogen and oxygen atoms in total. The van der Waals surface area contributed by atoms with Crippen LogP contribution < -0.4 is 37.2 Å². The number of ketones is 1. The topological polar surface area (TPSA) is 215 Å². The average Bonchev–Trinajstić information content (AvgIpc) is 4.27. The number of Topliss-reactive ketones (excluding diaryl/α,β-unsaturated/α-hetero) is 1. The van der Waals surface area contributed by atoms with Crippen molar-refractivity contribution >= 4 is 52.4 Å². The quantitative estimate of drug-likeness (QED) is 0.0704. The van der Waals surface area contributed by atoms with Crippen LogP contribution in [0.4, 0.5) is 30.2 Å². The molecule has 5 amide bonds. The number of amides is 5. The van der Waals surface area contributed by atoms with Crippen LogP contribution in [0.25, 0.3) is 0 Å². The van der Waals surface area contributed by atoms with E-state index in [1.54, 1.807) is 44.3 Å². The Labute approximate surface area is 458 Å². The summed E-state index contributed by atoms with van der Waals surface area (Å²) >= 11 is 0. The molecule has 0 spiro atoms. The van der Waals surface area contributed by atoms with Crippen LogP contribution in [0, 0.1) is 23.4 Å². The number of nitrogens with zero attached hydrogens (tertiary/aromatic N) is 3. The molecule has 9 rings (SSSR count). The molecule has 0 aliphatic carbocycles. The van der Waals surface area contributed by atoms with Crippen molar-refractivity contribution in [3.63, 3.8) is 0 Å². The summed E-state index contributed by atoms with van der Waals surface area (Å²) in [5, 5.41) is 20.6. The van der Waals surface area contributed by atoms with Crippen LogP contribution in [0.5, 0.6) is 0 Å². The van der Waals surface area contributed by atoms with Gasteiger partial charge in [-0.15, -0.1) is 0 Å². The minimum Gasteiger partial charge on any atom is -0.383 e. The smallest absolute Gasteiger partial charge is 0.252 e. The molecule has 3 fully saturated rings. The number of nitrogens with one attached hydrogen (secondary N) is 7. The van der Waals surface area contributed by atoms with Crippen molar-refractivity contribution in [2.24, 2.45) is 5.92 Å². The van der Waals surface area contributed by atoms with Gasteiger partial charge in [-0.3, -0.25) is 38.6 Å². The van der Waals surface area contributed by atoms with Gasteiger partial charge in [-0.1, -0.05) is 36.4 Å². The third kappa shape index (κ3) is 12.4. The van der Waals surface area contributed by atoms with Gasteiger partial charge >= 0.3 is 0 Å². The van der Waals surface area contributed by atoms with Crippen LogP contribution in [0.3, 0.4) is 0 Å². The molecule has 8 atom stereocenters. The van der Waals surface area contributed by atoms with E-state index in [4.69, 9.17) is 9.47 Å². The van der Waals surface area contributed by atoms with E-state index in [0.717, 1.165) is 35.9 Å². The van der Waals surface area contributed by atoms with Crippen molar-refractivity contribution in [2.45, 2.75) is 101 Å². The zero-order chi connectivity index (χ0) is 56.1. The fraction of sp³-hybridized carbons (Fsp3) is 0.483. The highest BCUT2D eigenvalue weighted by Gasteiger charge is 2.55. The summed E-state index contributed by atoms with van der Waals surface area (Å²) in [7, 11) is 1.61. The minimum absolute atomic E-state index is 0.0568. The first-order valence-corrected chi connectivity index (χ1v) is 27.2. The summed E-state index contributed by atoms with van der Waals surface area (Å²) in [4.78, 5) is 93.1. The molecule has 5 aliphatic heterocycles. The number of hydrogen-bond donors (Lipinski definition) is 7. The Morgan fingerprint density at radius 2 is 1.59 bits per heavy atom. The third-order valence-electron chi connectivity index (χ3n) is 16.4. The maximum absolute atomic E-state index is 15.5. The standard InChI is InChI=1S/C58H71F3N10O8/c1-33-28-70(43(26-63-33)30-69-19-22-79-31-34(69)2)36(4)53(73)58(32-65-48-24-38(11-16-45(48)58)23-37-9-13-41(59)14-10-37)57(77)64-27-49(72)66-42-15-12-40-29-71(52(44(40)25-42)55(75)68-51-46(60)7-6-8-47(51)61)56(76)50(39-17-20-78-21-18-39)67-54(74)35(3)62-5/h6-16,24-25,33-36,39,43,50,52,62-63,65H,17-23,26-32H2,1-5H3,(H,64,77)(H,66,72)(H,67,74)(H,68,75)/t33-,34-,35+,36?,43-,50+,52+,58?/m1/s1. The Kier molecular flexibility index (Phi) is 17.8. The molecule has 5 heterocycles. The lowest BCUT2D eigenvalue weighted by Crippen LogP contribution is -2.66. The summed E-state index contributed by atoms with van der Waals surface area (Å²) < 4.78 is 55.2. The summed E-state index contributed by atoms with van der Waals surface area (Å²) in [6, 6.07) is 15.7. The Balaban J connectivity index is 0.975. The third-order valence-corrected chi connectivity index (χ3v) is 16.4. The highest BCUT2D eigenvalue weighted by molar-refractivity contribution is 6.17. The highest BCUT2D eigenvalue weighted by Crippen LogP contribution is 2.42. The van der Waals surface area contributed by atoms with E-state index in [9.17, 15) is 23.6 Å². The van der Waals surface area contributed by atoms with E-state index in [1.165, 1.54) is 23.1 Å². The fourth-order valence-corrected chi connectivity index (χ4v) is 11.7. The summed E-state index contributed by atoms with van der Waals surface area (Å²) in [6.45, 7) is 11.4. The van der Waals surface area contributed by atoms with Gasteiger partial charge in [-0.2, -0.15) is 0 Å². The number of morpholine rings is 1. The van der Waals surface area contributed by atoms with Crippen LogP contribution >= 0.6 is 0 Å². The summed E-state index contributed by atoms with van der Waals surface area (Å²) in [6.07, 6.45) is 1.35. The number of fused-ring (bicyclic) bond motifs is 2. The predicted octanol–water partition coefficient (Wildman–Crippen LogP) is 3.99. The number of para-hydroxylation sites is 1. The lowest BCUT2D eigenvalue weighted by molar-refractivity contribution is -0.144. The molecule has 422 valence electrons. The number of piperazine rings is 1. The SMILES string of the molecule is CN[C@@H](C)C(=O)N[C@H](C(=O)N1Cc2ccc(NC(=O)CNC(=O)C3(C(=O)C(C)N4C[C@@H](C)NC[C@@H]4CN4CCOC[C@H]4C)CNc4cc(Cc5ccc(F)cc5)ccc43)cc2[C@H]1C(=O)Nc1c(F)cccc1F)C1CCOCC1. The van der Waals surface area contributed by atoms with E-state index in [2.05, 4.69) is 60.9 Å².